The summed E-state index contributed by atoms with van der Waals surface area (Å²) in [4.78, 5) is 23.7. The second-order valence-electron chi connectivity index (χ2n) is 4.00. The molecule has 2 atom stereocenters. The summed E-state index contributed by atoms with van der Waals surface area (Å²) in [6.45, 7) is 5.19. The summed E-state index contributed by atoms with van der Waals surface area (Å²) in [6.07, 6.45) is 0.179. The summed E-state index contributed by atoms with van der Waals surface area (Å²) in [5.41, 5.74) is 0.751. The fraction of sp³-hybridized carbons (Fsp3) is 0.636. The van der Waals surface area contributed by atoms with Crippen molar-refractivity contribution in [3.05, 3.63) is 11.3 Å². The number of hydrogen-bond donors (Lipinski definition) is 1. The number of rotatable bonds is 3. The molecule has 0 amide bonds. The van der Waals surface area contributed by atoms with Gasteiger partial charge in [-0.05, 0) is 27.2 Å². The van der Waals surface area contributed by atoms with Crippen LogP contribution in [0.3, 0.4) is 0 Å². The van der Waals surface area contributed by atoms with Crippen molar-refractivity contribution in [3.8, 4) is 0 Å². The Labute approximate surface area is 108 Å². The van der Waals surface area contributed by atoms with Crippen LogP contribution in [0.1, 0.15) is 27.2 Å². The third-order valence-electron chi connectivity index (χ3n) is 2.98. The Hall–Kier alpha value is -1.21. The summed E-state index contributed by atoms with van der Waals surface area (Å²) >= 11 is -2.19. The van der Waals surface area contributed by atoms with Crippen LogP contribution in [-0.2, 0) is 25.6 Å². The highest BCUT2D eigenvalue weighted by Crippen LogP contribution is 2.24. The van der Waals surface area contributed by atoms with Gasteiger partial charge in [0.25, 0.3) is 11.3 Å². The van der Waals surface area contributed by atoms with Crippen LogP contribution in [0.2, 0.25) is 0 Å². The van der Waals surface area contributed by atoms with Crippen molar-refractivity contribution in [2.45, 2.75) is 27.2 Å². The molecule has 1 N–H and O–H groups in total. The lowest BCUT2D eigenvalue weighted by Gasteiger charge is -2.19. The van der Waals surface area contributed by atoms with Crippen molar-refractivity contribution < 1.29 is 23.1 Å². The number of ketones is 1. The van der Waals surface area contributed by atoms with Crippen LogP contribution in [0.5, 0.6) is 0 Å². The summed E-state index contributed by atoms with van der Waals surface area (Å²) in [5, 5.41) is 0. The molecule has 0 aromatic rings. The van der Waals surface area contributed by atoms with E-state index in [9.17, 15) is 13.8 Å². The molecule has 0 aromatic carbocycles. The molecule has 6 nitrogen and oxygen atoms in total. The summed E-state index contributed by atoms with van der Waals surface area (Å²) in [6, 6.07) is 0. The SMILES string of the molecule is CCOC(=O)C1CCN(S(=O)O)C(C)=C(C)C1=O. The number of esters is 1. The predicted molar refractivity (Wildman–Crippen MR) is 65.6 cm³/mol. The first-order valence-electron chi connectivity index (χ1n) is 5.67. The lowest BCUT2D eigenvalue weighted by atomic mass is 9.96. The quantitative estimate of drug-likeness (QED) is 0.469. The molecule has 1 aliphatic heterocycles. The molecular formula is C11H17NO5S. The van der Waals surface area contributed by atoms with Crippen LogP contribution >= 0.6 is 0 Å². The highest BCUT2D eigenvalue weighted by atomic mass is 32.2. The zero-order valence-electron chi connectivity index (χ0n) is 10.6. The Kier molecular flexibility index (Phi) is 5.03. The number of carbonyl (C=O) groups excluding carboxylic acids is 2. The molecule has 0 saturated heterocycles. The number of ether oxygens (including phenoxy) is 1. The molecule has 0 aliphatic carbocycles. The highest BCUT2D eigenvalue weighted by Gasteiger charge is 2.34. The summed E-state index contributed by atoms with van der Waals surface area (Å²) < 4.78 is 26.3. The van der Waals surface area contributed by atoms with Crippen LogP contribution < -0.4 is 0 Å². The predicted octanol–water partition coefficient (Wildman–Crippen LogP) is 0.871. The van der Waals surface area contributed by atoms with Crippen LogP contribution in [0.25, 0.3) is 0 Å². The zero-order chi connectivity index (χ0) is 13.9. The topological polar surface area (TPSA) is 83.9 Å². The molecule has 1 aliphatic rings. The fourth-order valence-corrected chi connectivity index (χ4v) is 2.47. The monoisotopic (exact) mass is 275 g/mol. The molecule has 0 fully saturated rings. The molecule has 2 unspecified atom stereocenters. The lowest BCUT2D eigenvalue weighted by Crippen LogP contribution is -2.28. The van der Waals surface area contributed by atoms with E-state index in [0.717, 1.165) is 0 Å². The molecule has 18 heavy (non-hydrogen) atoms. The maximum atomic E-state index is 12.1. The highest BCUT2D eigenvalue weighted by molar-refractivity contribution is 7.76. The Morgan fingerprint density at radius 2 is 2.17 bits per heavy atom. The van der Waals surface area contributed by atoms with Gasteiger partial charge in [-0.2, -0.15) is 0 Å². The van der Waals surface area contributed by atoms with Crippen molar-refractivity contribution in [1.82, 2.24) is 4.31 Å². The second kappa shape index (κ2) is 6.10. The van der Waals surface area contributed by atoms with E-state index < -0.39 is 23.2 Å². The number of Topliss-reactive ketones (excluding diaryl/α,β-unsaturated/α-hetero) is 1. The van der Waals surface area contributed by atoms with E-state index in [4.69, 9.17) is 9.29 Å². The smallest absolute Gasteiger partial charge is 0.316 e. The van der Waals surface area contributed by atoms with Gasteiger partial charge < -0.3 is 4.74 Å². The van der Waals surface area contributed by atoms with Crippen molar-refractivity contribution >= 4 is 23.0 Å². The van der Waals surface area contributed by atoms with Crippen LogP contribution in [-0.4, -0.2) is 38.0 Å². The van der Waals surface area contributed by atoms with Gasteiger partial charge in [-0.1, -0.05) is 0 Å². The van der Waals surface area contributed by atoms with Gasteiger partial charge in [0.05, 0.1) is 6.61 Å². The number of carbonyl (C=O) groups is 2. The molecule has 0 saturated carbocycles. The van der Waals surface area contributed by atoms with E-state index >= 15 is 0 Å². The maximum absolute atomic E-state index is 12.1. The van der Waals surface area contributed by atoms with E-state index in [1.54, 1.807) is 20.8 Å². The van der Waals surface area contributed by atoms with E-state index in [1.165, 1.54) is 4.31 Å². The van der Waals surface area contributed by atoms with Gasteiger partial charge in [0.1, 0.15) is 5.92 Å². The van der Waals surface area contributed by atoms with E-state index in [2.05, 4.69) is 0 Å². The second-order valence-corrected chi connectivity index (χ2v) is 4.90. The Bertz CT molecular complexity index is 418. The lowest BCUT2D eigenvalue weighted by molar-refractivity contribution is -0.150. The molecule has 0 radical (unpaired) electrons. The third-order valence-corrected chi connectivity index (χ3v) is 3.82. The standard InChI is InChI=1S/C11H17NO5S/c1-4-17-11(14)9-5-6-12(18(15)16)8(3)7(2)10(9)13/h9H,4-6H2,1-3H3,(H,15,16). The van der Waals surface area contributed by atoms with Crippen LogP contribution in [0, 0.1) is 5.92 Å². The van der Waals surface area contributed by atoms with Gasteiger partial charge >= 0.3 is 5.97 Å². The first kappa shape index (κ1) is 14.8. The Morgan fingerprint density at radius 1 is 1.56 bits per heavy atom. The molecule has 1 rings (SSSR count). The maximum Gasteiger partial charge on any atom is 0.316 e. The number of allylic oxidation sites excluding steroid dienone is 2. The van der Waals surface area contributed by atoms with E-state index in [0.29, 0.717) is 11.3 Å². The van der Waals surface area contributed by atoms with Crippen molar-refractivity contribution in [2.75, 3.05) is 13.2 Å². The van der Waals surface area contributed by atoms with Crippen molar-refractivity contribution in [3.63, 3.8) is 0 Å². The molecule has 0 bridgehead atoms. The first-order chi connectivity index (χ1) is 8.40. The minimum absolute atomic E-state index is 0.168. The van der Waals surface area contributed by atoms with Gasteiger partial charge in [0, 0.05) is 17.8 Å². The average Bonchev–Trinajstić information content (AvgIpc) is 2.41. The Morgan fingerprint density at radius 3 is 2.67 bits per heavy atom. The van der Waals surface area contributed by atoms with Crippen molar-refractivity contribution in [2.24, 2.45) is 5.92 Å². The largest absolute Gasteiger partial charge is 0.465 e. The first-order valence-corrected chi connectivity index (χ1v) is 6.73. The zero-order valence-corrected chi connectivity index (χ0v) is 11.5. The minimum atomic E-state index is -2.19. The molecule has 0 spiro atoms. The summed E-state index contributed by atoms with van der Waals surface area (Å²) in [5.74, 6) is -1.78. The normalized spacial score (nSPS) is 22.8. The Balaban J connectivity index is 3.03. The molecule has 102 valence electrons. The minimum Gasteiger partial charge on any atom is -0.465 e. The van der Waals surface area contributed by atoms with Gasteiger partial charge in [-0.25, -0.2) is 4.21 Å². The van der Waals surface area contributed by atoms with Crippen LogP contribution in [0.4, 0.5) is 0 Å². The third kappa shape index (κ3) is 2.97. The molecule has 7 heteroatoms. The van der Waals surface area contributed by atoms with Gasteiger partial charge in [0.15, 0.2) is 5.78 Å². The van der Waals surface area contributed by atoms with Crippen molar-refractivity contribution in [1.29, 1.82) is 0 Å². The van der Waals surface area contributed by atoms with Crippen LogP contribution in [0.15, 0.2) is 11.3 Å². The van der Waals surface area contributed by atoms with E-state index in [1.807, 2.05) is 0 Å². The van der Waals surface area contributed by atoms with E-state index in [-0.39, 0.29) is 25.4 Å². The number of hydrogen-bond acceptors (Lipinski definition) is 4. The average molecular weight is 275 g/mol. The fourth-order valence-electron chi connectivity index (χ4n) is 1.83. The van der Waals surface area contributed by atoms with Gasteiger partial charge in [0.2, 0.25) is 0 Å². The van der Waals surface area contributed by atoms with Gasteiger partial charge in [-0.15, -0.1) is 0 Å². The van der Waals surface area contributed by atoms with Gasteiger partial charge in [-0.3, -0.25) is 18.4 Å². The summed E-state index contributed by atoms with van der Waals surface area (Å²) in [7, 11) is 0. The number of nitrogens with zero attached hydrogens (tertiary/aromatic N) is 1. The molecule has 1 heterocycles. The molecular weight excluding hydrogens is 258 g/mol. The molecule has 0 aromatic heterocycles.